The Morgan fingerprint density at radius 1 is 1.29 bits per heavy atom. The Balaban J connectivity index is 1.73. The smallest absolute Gasteiger partial charge is 0.433 e. The van der Waals surface area contributed by atoms with Crippen LogP contribution in [0.15, 0.2) is 12.3 Å². The number of carbonyl (C=O) groups is 2. The average molecular weight is 348 g/mol. The van der Waals surface area contributed by atoms with Gasteiger partial charge in [-0.3, -0.25) is 4.79 Å². The molecule has 1 amide bonds. The summed E-state index contributed by atoms with van der Waals surface area (Å²) in [6, 6.07) is 0.753. The fraction of sp³-hybridized carbons (Fsp3) is 0.538. The van der Waals surface area contributed by atoms with Crippen LogP contribution in [0.1, 0.15) is 18.5 Å². The van der Waals surface area contributed by atoms with Gasteiger partial charge in [-0.25, -0.2) is 14.8 Å². The topological polar surface area (TPSA) is 113 Å². The molecule has 0 spiro atoms. The van der Waals surface area contributed by atoms with Gasteiger partial charge in [0.25, 0.3) is 0 Å². The molecular weight excluding hydrogens is 333 g/mol. The zero-order valence-electron chi connectivity index (χ0n) is 12.3. The van der Waals surface area contributed by atoms with E-state index in [2.05, 4.69) is 20.6 Å². The molecule has 24 heavy (non-hydrogen) atoms. The minimum Gasteiger partial charge on any atom is -0.479 e. The van der Waals surface area contributed by atoms with Crippen LogP contribution < -0.4 is 10.6 Å². The van der Waals surface area contributed by atoms with E-state index in [0.29, 0.717) is 6.42 Å². The highest BCUT2D eigenvalue weighted by Gasteiger charge is 2.34. The fourth-order valence-corrected chi connectivity index (χ4v) is 2.09. The molecule has 2 heterocycles. The lowest BCUT2D eigenvalue weighted by Crippen LogP contribution is -2.38. The molecule has 1 aromatic rings. The zero-order valence-corrected chi connectivity index (χ0v) is 12.3. The van der Waals surface area contributed by atoms with Gasteiger partial charge in [0.2, 0.25) is 11.9 Å². The number of carboxylic acid groups (broad SMARTS) is 1. The van der Waals surface area contributed by atoms with E-state index in [1.54, 1.807) is 0 Å². The molecule has 1 fully saturated rings. The Morgan fingerprint density at radius 2 is 2.00 bits per heavy atom. The first-order valence-electron chi connectivity index (χ1n) is 7.07. The van der Waals surface area contributed by atoms with Crippen molar-refractivity contribution in [1.29, 1.82) is 0 Å². The lowest BCUT2D eigenvalue weighted by atomic mass is 10.2. The number of carbonyl (C=O) groups excluding carboxylic acids is 1. The standard InChI is InChI=1S/C13H15F3N4O4/c14-13(15,16)9-3-4-18-12(20-9)19-6-5-17-10(21)7-1-2-8(24-7)11(22)23/h3-4,7-8H,1-2,5-6H2,(H,17,21)(H,22,23)(H,18,19,20)/t7-,8+/m0/s1. The monoisotopic (exact) mass is 348 g/mol. The third kappa shape index (κ3) is 4.78. The second kappa shape index (κ2) is 7.43. The second-order valence-electron chi connectivity index (χ2n) is 5.01. The molecule has 1 aliphatic heterocycles. The van der Waals surface area contributed by atoms with Crippen LogP contribution in [0.2, 0.25) is 0 Å². The SMILES string of the molecule is O=C(NCCNc1nccc(C(F)(F)F)n1)[C@@H]1CC[C@H](C(=O)O)O1. The maximum absolute atomic E-state index is 12.5. The van der Waals surface area contributed by atoms with Crippen molar-refractivity contribution in [3.8, 4) is 0 Å². The number of hydrogen-bond acceptors (Lipinski definition) is 6. The highest BCUT2D eigenvalue weighted by Crippen LogP contribution is 2.27. The van der Waals surface area contributed by atoms with Crippen molar-refractivity contribution in [3.05, 3.63) is 18.0 Å². The first-order valence-corrected chi connectivity index (χ1v) is 7.07. The molecule has 0 unspecified atom stereocenters. The number of aromatic nitrogens is 2. The molecule has 0 radical (unpaired) electrons. The van der Waals surface area contributed by atoms with Crippen molar-refractivity contribution in [3.63, 3.8) is 0 Å². The Hall–Kier alpha value is -2.43. The first kappa shape index (κ1) is 17.9. The first-order chi connectivity index (χ1) is 11.3. The van der Waals surface area contributed by atoms with Crippen molar-refractivity contribution >= 4 is 17.8 Å². The molecule has 11 heteroatoms. The number of hydrogen-bond donors (Lipinski definition) is 3. The lowest BCUT2D eigenvalue weighted by molar-refractivity contribution is -0.151. The molecule has 8 nitrogen and oxygen atoms in total. The molecule has 0 saturated carbocycles. The number of alkyl halides is 3. The molecule has 3 N–H and O–H groups in total. The zero-order chi connectivity index (χ0) is 17.7. The molecule has 1 saturated heterocycles. The van der Waals surface area contributed by atoms with Gasteiger partial charge >= 0.3 is 12.1 Å². The Morgan fingerprint density at radius 3 is 2.62 bits per heavy atom. The third-order valence-corrected chi connectivity index (χ3v) is 3.24. The van der Waals surface area contributed by atoms with Gasteiger partial charge in [0.15, 0.2) is 6.10 Å². The minimum absolute atomic E-state index is 0.0933. The number of aliphatic carboxylic acids is 1. The molecular formula is C13H15F3N4O4. The minimum atomic E-state index is -4.56. The van der Waals surface area contributed by atoms with Crippen LogP contribution >= 0.6 is 0 Å². The number of carboxylic acids is 1. The molecule has 2 rings (SSSR count). The van der Waals surface area contributed by atoms with E-state index in [1.807, 2.05) is 0 Å². The van der Waals surface area contributed by atoms with Crippen LogP contribution in [-0.2, 0) is 20.5 Å². The van der Waals surface area contributed by atoms with E-state index in [9.17, 15) is 22.8 Å². The van der Waals surface area contributed by atoms with Crippen molar-refractivity contribution in [1.82, 2.24) is 15.3 Å². The maximum atomic E-state index is 12.5. The van der Waals surface area contributed by atoms with Crippen LogP contribution in [0.25, 0.3) is 0 Å². The van der Waals surface area contributed by atoms with E-state index < -0.39 is 36.0 Å². The van der Waals surface area contributed by atoms with Gasteiger partial charge in [-0.05, 0) is 18.9 Å². The summed E-state index contributed by atoms with van der Waals surface area (Å²) in [5.41, 5.74) is -1.07. The van der Waals surface area contributed by atoms with Crippen LogP contribution in [0, 0.1) is 0 Å². The van der Waals surface area contributed by atoms with Crippen molar-refractivity contribution in [2.45, 2.75) is 31.2 Å². The van der Waals surface area contributed by atoms with Gasteiger partial charge in [-0.15, -0.1) is 0 Å². The van der Waals surface area contributed by atoms with E-state index in [-0.39, 0.29) is 25.5 Å². The molecule has 0 aliphatic carbocycles. The summed E-state index contributed by atoms with van der Waals surface area (Å²) in [4.78, 5) is 29.5. The largest absolute Gasteiger partial charge is 0.479 e. The predicted molar refractivity (Wildman–Crippen MR) is 74.1 cm³/mol. The number of nitrogens with zero attached hydrogens (tertiary/aromatic N) is 2. The summed E-state index contributed by atoms with van der Waals surface area (Å²) in [5, 5.41) is 13.8. The molecule has 0 aromatic carbocycles. The van der Waals surface area contributed by atoms with Gasteiger partial charge in [0.1, 0.15) is 11.8 Å². The molecule has 132 valence electrons. The van der Waals surface area contributed by atoms with Gasteiger partial charge < -0.3 is 20.5 Å². The van der Waals surface area contributed by atoms with Crippen LogP contribution in [0.3, 0.4) is 0 Å². The van der Waals surface area contributed by atoms with Crippen molar-refractivity contribution in [2.24, 2.45) is 0 Å². The average Bonchev–Trinajstić information content (AvgIpc) is 3.01. The normalized spacial score (nSPS) is 20.6. The maximum Gasteiger partial charge on any atom is 0.433 e. The van der Waals surface area contributed by atoms with Crippen molar-refractivity contribution < 1.29 is 32.6 Å². The lowest BCUT2D eigenvalue weighted by Gasteiger charge is -2.12. The third-order valence-electron chi connectivity index (χ3n) is 3.24. The van der Waals surface area contributed by atoms with Crippen molar-refractivity contribution in [2.75, 3.05) is 18.4 Å². The van der Waals surface area contributed by atoms with Crippen LogP contribution in [0.4, 0.5) is 19.1 Å². The summed E-state index contributed by atoms with van der Waals surface area (Å²) in [5.74, 6) is -1.79. The van der Waals surface area contributed by atoms with Gasteiger partial charge in [-0.1, -0.05) is 0 Å². The Kier molecular flexibility index (Phi) is 5.54. The molecule has 1 aromatic heterocycles. The van der Waals surface area contributed by atoms with Crippen LogP contribution in [-0.4, -0.2) is 52.2 Å². The molecule has 0 bridgehead atoms. The highest BCUT2D eigenvalue weighted by atomic mass is 19.4. The van der Waals surface area contributed by atoms with E-state index in [1.165, 1.54) is 0 Å². The molecule has 2 atom stereocenters. The van der Waals surface area contributed by atoms with E-state index in [4.69, 9.17) is 9.84 Å². The van der Waals surface area contributed by atoms with Crippen LogP contribution in [0.5, 0.6) is 0 Å². The number of ether oxygens (including phenoxy) is 1. The fourth-order valence-electron chi connectivity index (χ4n) is 2.09. The summed E-state index contributed by atoms with van der Waals surface area (Å²) in [7, 11) is 0. The summed E-state index contributed by atoms with van der Waals surface area (Å²) in [6.07, 6.45) is -4.85. The van der Waals surface area contributed by atoms with Gasteiger partial charge in [0.05, 0.1) is 0 Å². The Labute approximate surface area is 134 Å². The number of rotatable bonds is 6. The second-order valence-corrected chi connectivity index (χ2v) is 5.01. The number of anilines is 1. The molecule has 1 aliphatic rings. The van der Waals surface area contributed by atoms with Gasteiger partial charge in [-0.2, -0.15) is 13.2 Å². The number of nitrogens with one attached hydrogen (secondary N) is 2. The van der Waals surface area contributed by atoms with Gasteiger partial charge in [0, 0.05) is 19.3 Å². The summed E-state index contributed by atoms with van der Waals surface area (Å²) >= 11 is 0. The summed E-state index contributed by atoms with van der Waals surface area (Å²) in [6.45, 7) is 0.193. The highest BCUT2D eigenvalue weighted by molar-refractivity contribution is 5.82. The number of amides is 1. The quantitative estimate of drug-likeness (QED) is 0.647. The Bertz CT molecular complexity index is 611. The predicted octanol–water partition coefficient (Wildman–Crippen LogP) is 0.656. The van der Waals surface area contributed by atoms with E-state index in [0.717, 1.165) is 12.3 Å². The van der Waals surface area contributed by atoms with E-state index >= 15 is 0 Å². The summed E-state index contributed by atoms with van der Waals surface area (Å²) < 4.78 is 42.5. The number of halogens is 3.